The fourth-order valence-electron chi connectivity index (χ4n) is 5.79. The SMILES string of the molecule is C[C@@H]1C[C@@H](c2ccc3ccccc3c2)CCN1.C[C@@H]1C[C@H](c2ccc3ccccc3c2)CCN1. The molecule has 0 amide bonds. The third kappa shape index (κ3) is 5.51. The summed E-state index contributed by atoms with van der Waals surface area (Å²) in [5, 5.41) is 12.5. The lowest BCUT2D eigenvalue weighted by Crippen LogP contribution is -2.34. The molecule has 34 heavy (non-hydrogen) atoms. The van der Waals surface area contributed by atoms with Gasteiger partial charge in [-0.25, -0.2) is 0 Å². The Hall–Kier alpha value is -2.68. The Bertz CT molecular complexity index is 1130. The molecule has 4 aromatic carbocycles. The molecule has 0 radical (unpaired) electrons. The first-order valence-corrected chi connectivity index (χ1v) is 13.1. The second-order valence-corrected chi connectivity index (χ2v) is 10.4. The third-order valence-corrected chi connectivity index (χ3v) is 7.74. The lowest BCUT2D eigenvalue weighted by atomic mass is 9.86. The fraction of sp³-hybridized carbons (Fsp3) is 0.375. The molecule has 2 heteroatoms. The summed E-state index contributed by atoms with van der Waals surface area (Å²) in [7, 11) is 0. The van der Waals surface area contributed by atoms with E-state index in [0.717, 1.165) is 24.9 Å². The summed E-state index contributed by atoms with van der Waals surface area (Å²) in [6.07, 6.45) is 5.06. The van der Waals surface area contributed by atoms with Gasteiger partial charge in [-0.05, 0) is 97.1 Å². The van der Waals surface area contributed by atoms with Gasteiger partial charge in [-0.15, -0.1) is 0 Å². The van der Waals surface area contributed by atoms with Gasteiger partial charge in [0.2, 0.25) is 0 Å². The van der Waals surface area contributed by atoms with Crippen molar-refractivity contribution in [2.75, 3.05) is 13.1 Å². The monoisotopic (exact) mass is 450 g/mol. The molecule has 0 aliphatic carbocycles. The minimum atomic E-state index is 0.653. The van der Waals surface area contributed by atoms with E-state index in [0.29, 0.717) is 12.1 Å². The predicted octanol–water partition coefficient (Wildman–Crippen LogP) is 7.39. The molecule has 176 valence electrons. The van der Waals surface area contributed by atoms with E-state index in [9.17, 15) is 0 Å². The van der Waals surface area contributed by atoms with Crippen LogP contribution in [0.25, 0.3) is 21.5 Å². The van der Waals surface area contributed by atoms with Crippen molar-refractivity contribution in [1.29, 1.82) is 0 Å². The van der Waals surface area contributed by atoms with Crippen LogP contribution in [-0.4, -0.2) is 25.2 Å². The smallest absolute Gasteiger partial charge is 0.00445 e. The molecule has 2 fully saturated rings. The Kier molecular flexibility index (Phi) is 7.27. The van der Waals surface area contributed by atoms with Crippen molar-refractivity contribution in [3.05, 3.63) is 96.1 Å². The molecule has 2 aliphatic rings. The van der Waals surface area contributed by atoms with Crippen LogP contribution in [0.4, 0.5) is 0 Å². The quantitative estimate of drug-likeness (QED) is 0.333. The average molecular weight is 451 g/mol. The van der Waals surface area contributed by atoms with Crippen LogP contribution < -0.4 is 10.6 Å². The number of rotatable bonds is 2. The summed E-state index contributed by atoms with van der Waals surface area (Å²) in [4.78, 5) is 0. The molecular weight excluding hydrogens is 412 g/mol. The summed E-state index contributed by atoms with van der Waals surface area (Å²) in [6, 6.07) is 32.4. The summed E-state index contributed by atoms with van der Waals surface area (Å²) >= 11 is 0. The molecule has 0 saturated carbocycles. The topological polar surface area (TPSA) is 24.1 Å². The van der Waals surface area contributed by atoms with Gasteiger partial charge in [0.05, 0.1) is 0 Å². The van der Waals surface area contributed by atoms with E-state index >= 15 is 0 Å². The van der Waals surface area contributed by atoms with Crippen molar-refractivity contribution in [3.63, 3.8) is 0 Å². The van der Waals surface area contributed by atoms with Crippen LogP contribution in [-0.2, 0) is 0 Å². The molecular formula is C32H38N2. The number of fused-ring (bicyclic) bond motifs is 2. The first-order chi connectivity index (χ1) is 16.7. The maximum Gasteiger partial charge on any atom is 0.00445 e. The zero-order valence-electron chi connectivity index (χ0n) is 20.6. The van der Waals surface area contributed by atoms with E-state index in [1.54, 1.807) is 0 Å². The lowest BCUT2D eigenvalue weighted by molar-refractivity contribution is 0.381. The van der Waals surface area contributed by atoms with Crippen molar-refractivity contribution >= 4 is 21.5 Å². The van der Waals surface area contributed by atoms with Gasteiger partial charge in [0, 0.05) is 12.1 Å². The second-order valence-electron chi connectivity index (χ2n) is 10.4. The highest BCUT2D eigenvalue weighted by Crippen LogP contribution is 2.31. The Morgan fingerprint density at radius 3 is 1.35 bits per heavy atom. The maximum atomic E-state index is 3.52. The molecule has 2 heterocycles. The largest absolute Gasteiger partial charge is 0.314 e. The van der Waals surface area contributed by atoms with Gasteiger partial charge in [-0.3, -0.25) is 0 Å². The Balaban J connectivity index is 0.000000142. The van der Waals surface area contributed by atoms with E-state index in [-0.39, 0.29) is 0 Å². The van der Waals surface area contributed by atoms with E-state index in [2.05, 4.69) is 109 Å². The van der Waals surface area contributed by atoms with Crippen LogP contribution in [0.5, 0.6) is 0 Å². The molecule has 2 N–H and O–H groups in total. The van der Waals surface area contributed by atoms with E-state index in [1.807, 2.05) is 0 Å². The number of benzene rings is 4. The molecule has 4 atom stereocenters. The number of hydrogen-bond donors (Lipinski definition) is 2. The molecule has 0 aromatic heterocycles. The maximum absolute atomic E-state index is 3.52. The summed E-state index contributed by atoms with van der Waals surface area (Å²) in [5.41, 5.74) is 3.02. The first kappa shape index (κ1) is 23.1. The Labute approximate surface area is 204 Å². The summed E-state index contributed by atoms with van der Waals surface area (Å²) in [5.74, 6) is 1.46. The minimum absolute atomic E-state index is 0.653. The average Bonchev–Trinajstić information content (AvgIpc) is 2.88. The molecule has 2 nitrogen and oxygen atoms in total. The summed E-state index contributed by atoms with van der Waals surface area (Å²) in [6.45, 7) is 6.87. The van der Waals surface area contributed by atoms with Crippen LogP contribution >= 0.6 is 0 Å². The van der Waals surface area contributed by atoms with Gasteiger partial charge < -0.3 is 10.6 Å². The standard InChI is InChI=1S/2C16H19N/c2*1-12-10-16(8-9-17-12)15-7-6-13-4-2-3-5-14(13)11-15/h2*2-7,11-12,16-17H,8-10H2,1H3/t12-,16+;12-,16-/m11/s1. The van der Waals surface area contributed by atoms with Crippen molar-refractivity contribution in [2.24, 2.45) is 0 Å². The number of piperidine rings is 2. The highest BCUT2D eigenvalue weighted by atomic mass is 14.9. The zero-order valence-corrected chi connectivity index (χ0v) is 20.6. The molecule has 0 spiro atoms. The van der Waals surface area contributed by atoms with Crippen LogP contribution in [0, 0.1) is 0 Å². The highest BCUT2D eigenvalue weighted by Gasteiger charge is 2.20. The molecule has 0 unspecified atom stereocenters. The van der Waals surface area contributed by atoms with Gasteiger partial charge >= 0.3 is 0 Å². The molecule has 6 rings (SSSR count). The van der Waals surface area contributed by atoms with E-state index in [4.69, 9.17) is 0 Å². The van der Waals surface area contributed by atoms with Crippen molar-refractivity contribution in [2.45, 2.75) is 63.5 Å². The lowest BCUT2D eigenvalue weighted by Gasteiger charge is -2.28. The second kappa shape index (κ2) is 10.7. The van der Waals surface area contributed by atoms with Crippen LogP contribution in [0.3, 0.4) is 0 Å². The number of hydrogen-bond acceptors (Lipinski definition) is 2. The van der Waals surface area contributed by atoms with Gasteiger partial charge in [-0.1, -0.05) is 84.9 Å². The first-order valence-electron chi connectivity index (χ1n) is 13.1. The Morgan fingerprint density at radius 2 is 0.941 bits per heavy atom. The van der Waals surface area contributed by atoms with Crippen LogP contribution in [0.15, 0.2) is 84.9 Å². The van der Waals surface area contributed by atoms with Crippen molar-refractivity contribution in [1.82, 2.24) is 10.6 Å². The van der Waals surface area contributed by atoms with Gasteiger partial charge in [0.25, 0.3) is 0 Å². The number of nitrogens with one attached hydrogen (secondary N) is 2. The Morgan fingerprint density at radius 1 is 0.529 bits per heavy atom. The van der Waals surface area contributed by atoms with Gasteiger partial charge in [0.15, 0.2) is 0 Å². The molecule has 2 saturated heterocycles. The zero-order chi connectivity index (χ0) is 23.3. The third-order valence-electron chi connectivity index (χ3n) is 7.74. The van der Waals surface area contributed by atoms with Gasteiger partial charge in [-0.2, -0.15) is 0 Å². The van der Waals surface area contributed by atoms with Crippen LogP contribution in [0.2, 0.25) is 0 Å². The van der Waals surface area contributed by atoms with Gasteiger partial charge in [0.1, 0.15) is 0 Å². The molecule has 0 bridgehead atoms. The highest BCUT2D eigenvalue weighted by molar-refractivity contribution is 5.83. The normalized spacial score (nSPS) is 25.0. The van der Waals surface area contributed by atoms with Crippen molar-refractivity contribution in [3.8, 4) is 0 Å². The van der Waals surface area contributed by atoms with Crippen molar-refractivity contribution < 1.29 is 0 Å². The fourth-order valence-corrected chi connectivity index (χ4v) is 5.79. The molecule has 4 aromatic rings. The van der Waals surface area contributed by atoms with E-state index < -0.39 is 0 Å². The van der Waals surface area contributed by atoms with E-state index in [1.165, 1.54) is 58.4 Å². The summed E-state index contributed by atoms with van der Waals surface area (Å²) < 4.78 is 0. The minimum Gasteiger partial charge on any atom is -0.314 e. The molecule has 2 aliphatic heterocycles. The van der Waals surface area contributed by atoms with Crippen LogP contribution in [0.1, 0.15) is 62.5 Å². The predicted molar refractivity (Wildman–Crippen MR) is 147 cm³/mol.